The van der Waals surface area contributed by atoms with E-state index in [9.17, 15) is 0 Å². The van der Waals surface area contributed by atoms with Crippen molar-refractivity contribution in [3.05, 3.63) is 279 Å². The zero-order chi connectivity index (χ0) is 47.8. The van der Waals surface area contributed by atoms with Crippen LogP contribution in [-0.4, -0.2) is 9.97 Å². The lowest BCUT2D eigenvalue weighted by Crippen LogP contribution is -1.96. The molecule has 0 aliphatic carbocycles. The molecule has 1 heterocycles. The molecule has 0 spiro atoms. The van der Waals surface area contributed by atoms with Crippen molar-refractivity contribution >= 4 is 32.3 Å². The Hall–Kier alpha value is -9.50. The highest BCUT2D eigenvalue weighted by Crippen LogP contribution is 2.40. The van der Waals surface area contributed by atoms with Gasteiger partial charge in [-0.25, -0.2) is 9.97 Å². The van der Waals surface area contributed by atoms with Crippen LogP contribution >= 0.6 is 0 Å². The summed E-state index contributed by atoms with van der Waals surface area (Å²) in [6.07, 6.45) is 0. The van der Waals surface area contributed by atoms with Gasteiger partial charge in [0.15, 0.2) is 5.82 Å². The van der Waals surface area contributed by atoms with E-state index >= 15 is 0 Å². The second kappa shape index (κ2) is 18.4. The quantitative estimate of drug-likeness (QED) is 0.144. The van der Waals surface area contributed by atoms with Crippen molar-refractivity contribution in [1.82, 2.24) is 9.97 Å². The van der Waals surface area contributed by atoms with Crippen LogP contribution in [0.15, 0.2) is 279 Å². The van der Waals surface area contributed by atoms with Crippen LogP contribution in [0.5, 0.6) is 0 Å². The van der Waals surface area contributed by atoms with E-state index in [2.05, 4.69) is 279 Å². The van der Waals surface area contributed by atoms with E-state index in [0.717, 1.165) is 44.8 Å². The summed E-state index contributed by atoms with van der Waals surface area (Å²) in [5.41, 5.74) is 19.1. The van der Waals surface area contributed by atoms with Crippen molar-refractivity contribution < 1.29 is 0 Å². The topological polar surface area (TPSA) is 25.8 Å². The average molecular weight is 915 g/mol. The lowest BCUT2D eigenvalue weighted by Gasteiger charge is -2.14. The van der Waals surface area contributed by atoms with Crippen LogP contribution in [0.2, 0.25) is 0 Å². The van der Waals surface area contributed by atoms with Crippen molar-refractivity contribution in [2.45, 2.75) is 0 Å². The van der Waals surface area contributed by atoms with Crippen molar-refractivity contribution in [3.63, 3.8) is 0 Å². The van der Waals surface area contributed by atoms with Gasteiger partial charge >= 0.3 is 0 Å². The minimum atomic E-state index is 0.677. The molecular weight excluding hydrogens is 869 g/mol. The van der Waals surface area contributed by atoms with Gasteiger partial charge in [-0.3, -0.25) is 0 Å². The minimum Gasteiger partial charge on any atom is -0.228 e. The van der Waals surface area contributed by atoms with Crippen LogP contribution in [0.1, 0.15) is 0 Å². The third-order valence-corrected chi connectivity index (χ3v) is 14.2. The molecule has 0 N–H and O–H groups in total. The zero-order valence-electron chi connectivity index (χ0n) is 39.5. The summed E-state index contributed by atoms with van der Waals surface area (Å²) in [4.78, 5) is 10.6. The van der Waals surface area contributed by atoms with E-state index in [0.29, 0.717) is 5.82 Å². The smallest absolute Gasteiger partial charge is 0.160 e. The molecule has 0 aliphatic heterocycles. The highest BCUT2D eigenvalue weighted by molar-refractivity contribution is 6.07. The van der Waals surface area contributed by atoms with Crippen molar-refractivity contribution in [1.29, 1.82) is 0 Å². The number of rotatable bonds is 9. The second-order valence-corrected chi connectivity index (χ2v) is 18.4. The van der Waals surface area contributed by atoms with E-state index in [1.165, 1.54) is 82.4 Å². The molecule has 2 heteroatoms. The van der Waals surface area contributed by atoms with Gasteiger partial charge in [-0.1, -0.05) is 273 Å². The van der Waals surface area contributed by atoms with Crippen LogP contribution in [0.4, 0.5) is 0 Å². The monoisotopic (exact) mass is 914 g/mol. The largest absolute Gasteiger partial charge is 0.228 e. The molecule has 72 heavy (non-hydrogen) atoms. The molecule has 0 fully saturated rings. The molecule has 0 bridgehead atoms. The predicted molar refractivity (Wildman–Crippen MR) is 303 cm³/mol. The summed E-state index contributed by atoms with van der Waals surface area (Å²) in [7, 11) is 0. The van der Waals surface area contributed by atoms with Gasteiger partial charge in [-0.15, -0.1) is 0 Å². The lowest BCUT2D eigenvalue weighted by atomic mass is 9.91. The van der Waals surface area contributed by atoms with Crippen LogP contribution < -0.4 is 0 Å². The first-order valence-electron chi connectivity index (χ1n) is 24.6. The molecular formula is C70H46N2. The van der Waals surface area contributed by atoms with Crippen LogP contribution in [0.3, 0.4) is 0 Å². The molecule has 12 aromatic carbocycles. The first-order chi connectivity index (χ1) is 35.7. The first kappa shape index (κ1) is 42.6. The normalized spacial score (nSPS) is 11.3. The molecule has 0 saturated carbocycles. The second-order valence-electron chi connectivity index (χ2n) is 18.4. The molecule has 0 aliphatic rings. The number of aromatic nitrogens is 2. The van der Waals surface area contributed by atoms with Gasteiger partial charge in [0.05, 0.1) is 11.4 Å². The maximum atomic E-state index is 5.32. The third-order valence-electron chi connectivity index (χ3n) is 14.2. The maximum absolute atomic E-state index is 5.32. The Morgan fingerprint density at radius 2 is 0.375 bits per heavy atom. The van der Waals surface area contributed by atoms with Gasteiger partial charge < -0.3 is 0 Å². The summed E-state index contributed by atoms with van der Waals surface area (Å²) in [5, 5.41) is 7.39. The number of nitrogens with zero attached hydrogens (tertiary/aromatic N) is 2. The molecule has 13 aromatic rings. The summed E-state index contributed by atoms with van der Waals surface area (Å²) < 4.78 is 0. The van der Waals surface area contributed by atoms with Gasteiger partial charge in [0.25, 0.3) is 0 Å². The third kappa shape index (κ3) is 7.92. The first-order valence-corrected chi connectivity index (χ1v) is 24.6. The Balaban J connectivity index is 0.886. The fourth-order valence-corrected chi connectivity index (χ4v) is 10.6. The highest BCUT2D eigenvalue weighted by atomic mass is 14.9. The fraction of sp³-hybridized carbons (Fsp3) is 0. The van der Waals surface area contributed by atoms with Gasteiger partial charge in [0.1, 0.15) is 0 Å². The number of hydrogen-bond acceptors (Lipinski definition) is 2. The van der Waals surface area contributed by atoms with Crippen molar-refractivity contribution in [2.24, 2.45) is 0 Å². The zero-order valence-corrected chi connectivity index (χ0v) is 39.5. The van der Waals surface area contributed by atoms with Gasteiger partial charge in [0, 0.05) is 16.7 Å². The molecule has 13 rings (SSSR count). The predicted octanol–water partition coefficient (Wildman–Crippen LogP) is 18.9. The van der Waals surface area contributed by atoms with E-state index in [1.807, 2.05) is 0 Å². The summed E-state index contributed by atoms with van der Waals surface area (Å²) in [6, 6.07) is 100. The molecule has 1 aromatic heterocycles. The number of hydrogen-bond donors (Lipinski definition) is 0. The Labute approximate surface area is 419 Å². The molecule has 0 atom stereocenters. The van der Waals surface area contributed by atoms with Crippen molar-refractivity contribution in [3.8, 4) is 101 Å². The van der Waals surface area contributed by atoms with E-state index in [-0.39, 0.29) is 0 Å². The molecule has 0 amide bonds. The van der Waals surface area contributed by atoms with Gasteiger partial charge in [-0.2, -0.15) is 0 Å². The Bertz CT molecular complexity index is 3650. The van der Waals surface area contributed by atoms with Crippen LogP contribution in [0.25, 0.3) is 133 Å². The molecule has 0 radical (unpaired) electrons. The Kier molecular flexibility index (Phi) is 10.9. The standard InChI is InChI=1S/C70H46N2/c1-4-16-47(17-5-1)56-40-43-59(65-25-13-10-22-62(56)65)50-28-34-53(35-29-50)68-46-69(54-36-30-51(31-37-54)60-44-41-57(48-18-6-2-7-19-48)63-23-11-14-26-66(60)63)72-70(71-68)55-38-32-52(33-39-55)61-45-42-58(49-20-8-3-9-21-49)64-24-12-15-27-67(61)64/h1-46H. The Morgan fingerprint density at radius 3 is 0.639 bits per heavy atom. The molecule has 336 valence electrons. The maximum Gasteiger partial charge on any atom is 0.160 e. The van der Waals surface area contributed by atoms with Crippen LogP contribution in [0, 0.1) is 0 Å². The molecule has 2 nitrogen and oxygen atoms in total. The SMILES string of the molecule is c1ccc(-c2ccc(-c3ccc(-c4cc(-c5ccc(-c6ccc(-c7ccccc7)c7ccccc67)cc5)nc(-c5ccc(-c6ccc(-c7ccccc7)c7ccccc67)cc5)n4)cc3)c3ccccc23)cc1. The molecule has 0 unspecified atom stereocenters. The minimum absolute atomic E-state index is 0.677. The van der Waals surface area contributed by atoms with Crippen LogP contribution in [-0.2, 0) is 0 Å². The summed E-state index contributed by atoms with van der Waals surface area (Å²) in [5.74, 6) is 0.677. The average Bonchev–Trinajstić information content (AvgIpc) is 3.47. The summed E-state index contributed by atoms with van der Waals surface area (Å²) >= 11 is 0. The van der Waals surface area contributed by atoms with Gasteiger partial charge in [-0.05, 0) is 105 Å². The lowest BCUT2D eigenvalue weighted by molar-refractivity contribution is 1.18. The van der Waals surface area contributed by atoms with E-state index in [1.54, 1.807) is 0 Å². The fourth-order valence-electron chi connectivity index (χ4n) is 10.6. The molecule has 0 saturated heterocycles. The number of benzene rings is 12. The number of fused-ring (bicyclic) bond motifs is 3. The van der Waals surface area contributed by atoms with Gasteiger partial charge in [0.2, 0.25) is 0 Å². The van der Waals surface area contributed by atoms with E-state index in [4.69, 9.17) is 9.97 Å². The highest BCUT2D eigenvalue weighted by Gasteiger charge is 2.16. The summed E-state index contributed by atoms with van der Waals surface area (Å²) in [6.45, 7) is 0. The van der Waals surface area contributed by atoms with E-state index < -0.39 is 0 Å². The Morgan fingerprint density at radius 1 is 0.167 bits per heavy atom. The van der Waals surface area contributed by atoms with Crippen molar-refractivity contribution in [2.75, 3.05) is 0 Å².